The molecular formula is C15H15FN4S. The van der Waals surface area contributed by atoms with Crippen molar-refractivity contribution in [3.05, 3.63) is 60.0 Å². The Hall–Kier alpha value is -1.92. The van der Waals surface area contributed by atoms with E-state index in [-0.39, 0.29) is 17.1 Å². The monoisotopic (exact) mass is 302 g/mol. The topological polar surface area (TPSA) is 56.2 Å². The molecule has 0 spiro atoms. The molecule has 0 saturated heterocycles. The van der Waals surface area contributed by atoms with Gasteiger partial charge in [-0.25, -0.2) is 4.39 Å². The van der Waals surface area contributed by atoms with Crippen LogP contribution in [0, 0.1) is 5.82 Å². The number of hydrogen-bond donors (Lipinski definition) is 1. The third kappa shape index (κ3) is 2.91. The maximum absolute atomic E-state index is 13.4. The van der Waals surface area contributed by atoms with Gasteiger partial charge in [-0.15, -0.1) is 10.2 Å². The second-order valence-electron chi connectivity index (χ2n) is 4.86. The summed E-state index contributed by atoms with van der Waals surface area (Å²) in [5.74, 6) is -0.259. The molecule has 0 aliphatic carbocycles. The predicted molar refractivity (Wildman–Crippen MR) is 81.6 cm³/mol. The number of nitrogens with zero attached hydrogens (tertiary/aromatic N) is 3. The van der Waals surface area contributed by atoms with Gasteiger partial charge in [-0.1, -0.05) is 30.0 Å². The van der Waals surface area contributed by atoms with Crippen molar-refractivity contribution in [1.29, 1.82) is 0 Å². The van der Waals surface area contributed by atoms with Gasteiger partial charge in [0.05, 0.1) is 5.25 Å². The van der Waals surface area contributed by atoms with Crippen LogP contribution in [0.1, 0.15) is 17.7 Å². The molecule has 2 unspecified atom stereocenters. The van der Waals surface area contributed by atoms with Gasteiger partial charge in [0, 0.05) is 12.2 Å². The summed E-state index contributed by atoms with van der Waals surface area (Å²) in [6, 6.07) is 12.1. The summed E-state index contributed by atoms with van der Waals surface area (Å²) in [6.45, 7) is 1.91. The first-order valence-electron chi connectivity index (χ1n) is 6.62. The van der Waals surface area contributed by atoms with Crippen molar-refractivity contribution >= 4 is 17.4 Å². The maximum Gasteiger partial charge on any atom is 0.196 e. The van der Waals surface area contributed by atoms with Crippen molar-refractivity contribution in [2.75, 3.05) is 0 Å². The summed E-state index contributed by atoms with van der Waals surface area (Å²) in [5, 5.41) is 8.97. The van der Waals surface area contributed by atoms with E-state index in [4.69, 9.17) is 5.73 Å². The summed E-state index contributed by atoms with van der Waals surface area (Å²) in [6.07, 6.45) is 1.90. The molecule has 0 amide bonds. The first-order valence-corrected chi connectivity index (χ1v) is 7.50. The van der Waals surface area contributed by atoms with Crippen molar-refractivity contribution in [2.45, 2.75) is 23.4 Å². The van der Waals surface area contributed by atoms with E-state index < -0.39 is 0 Å². The zero-order chi connectivity index (χ0) is 14.8. The molecular weight excluding hydrogens is 287 g/mol. The van der Waals surface area contributed by atoms with Crippen molar-refractivity contribution < 1.29 is 4.39 Å². The van der Waals surface area contributed by atoms with E-state index in [1.54, 1.807) is 6.07 Å². The maximum atomic E-state index is 13.4. The highest BCUT2D eigenvalue weighted by Gasteiger charge is 2.21. The van der Waals surface area contributed by atoms with E-state index in [0.29, 0.717) is 0 Å². The molecule has 3 aromatic rings. The molecule has 2 N–H and O–H groups in total. The number of rotatable bonds is 4. The summed E-state index contributed by atoms with van der Waals surface area (Å²) in [4.78, 5) is 0. The van der Waals surface area contributed by atoms with Crippen LogP contribution in [0.15, 0.2) is 53.8 Å². The summed E-state index contributed by atoms with van der Waals surface area (Å²) in [5.41, 5.74) is 7.71. The minimum absolute atomic E-state index is 0.0895. The number of thioether (sulfide) groups is 1. The van der Waals surface area contributed by atoms with E-state index in [1.807, 2.05) is 41.8 Å². The zero-order valence-electron chi connectivity index (χ0n) is 11.5. The molecule has 4 nitrogen and oxygen atoms in total. The lowest BCUT2D eigenvalue weighted by molar-refractivity contribution is 0.621. The first kappa shape index (κ1) is 14.0. The highest BCUT2D eigenvalue weighted by molar-refractivity contribution is 7.99. The number of hydrogen-bond acceptors (Lipinski definition) is 4. The van der Waals surface area contributed by atoms with Gasteiger partial charge in [-0.2, -0.15) is 0 Å². The molecule has 0 aliphatic rings. The Morgan fingerprint density at radius 1 is 1.19 bits per heavy atom. The van der Waals surface area contributed by atoms with Crippen LogP contribution in [-0.2, 0) is 0 Å². The molecule has 21 heavy (non-hydrogen) atoms. The quantitative estimate of drug-likeness (QED) is 0.753. The van der Waals surface area contributed by atoms with Crippen LogP contribution in [0.5, 0.6) is 0 Å². The van der Waals surface area contributed by atoms with E-state index >= 15 is 0 Å². The molecule has 0 fully saturated rings. The van der Waals surface area contributed by atoms with Gasteiger partial charge in [-0.3, -0.25) is 4.40 Å². The number of pyridine rings is 1. The van der Waals surface area contributed by atoms with Gasteiger partial charge < -0.3 is 5.73 Å². The third-order valence-electron chi connectivity index (χ3n) is 3.17. The van der Waals surface area contributed by atoms with Crippen molar-refractivity contribution in [3.8, 4) is 0 Å². The first-order chi connectivity index (χ1) is 10.1. The van der Waals surface area contributed by atoms with Gasteiger partial charge in [0.15, 0.2) is 10.8 Å². The molecule has 108 valence electrons. The fourth-order valence-corrected chi connectivity index (χ4v) is 3.26. The van der Waals surface area contributed by atoms with E-state index in [1.165, 1.54) is 23.9 Å². The van der Waals surface area contributed by atoms with E-state index in [0.717, 1.165) is 16.4 Å². The predicted octanol–water partition coefficient (Wildman–Crippen LogP) is 3.05. The standard InChI is InChI=1S/C15H15FN4S/c1-10(17)14(11-5-4-6-12(16)9-11)21-15-19-18-13-7-2-3-8-20(13)15/h2-10,14H,17H2,1H3. The number of nitrogens with two attached hydrogens (primary N) is 1. The molecule has 2 atom stereocenters. The summed E-state index contributed by atoms with van der Waals surface area (Å²) < 4.78 is 15.3. The Labute approximate surface area is 126 Å². The van der Waals surface area contributed by atoms with Crippen LogP contribution in [0.25, 0.3) is 5.65 Å². The molecule has 2 aromatic heterocycles. The van der Waals surface area contributed by atoms with E-state index in [9.17, 15) is 4.39 Å². The fraction of sp³-hybridized carbons (Fsp3) is 0.200. The Morgan fingerprint density at radius 3 is 2.81 bits per heavy atom. The van der Waals surface area contributed by atoms with Crippen LogP contribution in [-0.4, -0.2) is 20.6 Å². The second-order valence-corrected chi connectivity index (χ2v) is 5.97. The molecule has 1 aromatic carbocycles. The van der Waals surface area contributed by atoms with Gasteiger partial charge in [-0.05, 0) is 36.8 Å². The number of aromatic nitrogens is 3. The van der Waals surface area contributed by atoms with Crippen LogP contribution in [0.4, 0.5) is 4.39 Å². The lowest BCUT2D eigenvalue weighted by Crippen LogP contribution is -2.22. The van der Waals surface area contributed by atoms with Gasteiger partial charge >= 0.3 is 0 Å². The van der Waals surface area contributed by atoms with Crippen LogP contribution in [0.2, 0.25) is 0 Å². The number of benzene rings is 1. The summed E-state index contributed by atoms with van der Waals surface area (Å²) >= 11 is 1.49. The highest BCUT2D eigenvalue weighted by atomic mass is 32.2. The molecule has 0 bridgehead atoms. The van der Waals surface area contributed by atoms with Crippen molar-refractivity contribution in [2.24, 2.45) is 5.73 Å². The van der Waals surface area contributed by atoms with Crippen LogP contribution >= 0.6 is 11.8 Å². The molecule has 0 aliphatic heterocycles. The Kier molecular flexibility index (Phi) is 3.90. The van der Waals surface area contributed by atoms with Crippen molar-refractivity contribution in [3.63, 3.8) is 0 Å². The Bertz CT molecular complexity index is 756. The smallest absolute Gasteiger partial charge is 0.196 e. The fourth-order valence-electron chi connectivity index (χ4n) is 2.18. The van der Waals surface area contributed by atoms with Crippen molar-refractivity contribution in [1.82, 2.24) is 14.6 Å². The Balaban J connectivity index is 1.96. The number of fused-ring (bicyclic) bond motifs is 1. The van der Waals surface area contributed by atoms with E-state index in [2.05, 4.69) is 10.2 Å². The average molecular weight is 302 g/mol. The Morgan fingerprint density at radius 2 is 2.05 bits per heavy atom. The SMILES string of the molecule is CC(N)C(Sc1nnc2ccccn12)c1cccc(F)c1. The second kappa shape index (κ2) is 5.83. The average Bonchev–Trinajstić information content (AvgIpc) is 2.87. The van der Waals surface area contributed by atoms with Gasteiger partial charge in [0.1, 0.15) is 5.82 Å². The third-order valence-corrected chi connectivity index (χ3v) is 4.61. The molecule has 3 rings (SSSR count). The zero-order valence-corrected chi connectivity index (χ0v) is 12.3. The van der Waals surface area contributed by atoms with Crippen LogP contribution < -0.4 is 5.73 Å². The minimum Gasteiger partial charge on any atom is -0.327 e. The normalized spacial score (nSPS) is 14.2. The lowest BCUT2D eigenvalue weighted by Gasteiger charge is -2.19. The lowest BCUT2D eigenvalue weighted by atomic mass is 10.1. The van der Waals surface area contributed by atoms with Gasteiger partial charge in [0.25, 0.3) is 0 Å². The van der Waals surface area contributed by atoms with Crippen LogP contribution in [0.3, 0.4) is 0 Å². The van der Waals surface area contributed by atoms with Gasteiger partial charge in [0.2, 0.25) is 0 Å². The minimum atomic E-state index is -0.259. The largest absolute Gasteiger partial charge is 0.327 e. The molecule has 2 heterocycles. The molecule has 0 saturated carbocycles. The number of halogens is 1. The molecule has 6 heteroatoms. The molecule has 0 radical (unpaired) electrons. The highest BCUT2D eigenvalue weighted by Crippen LogP contribution is 2.36. The summed E-state index contributed by atoms with van der Waals surface area (Å²) in [7, 11) is 0.